The number of ether oxygens (including phenoxy) is 1. The van der Waals surface area contributed by atoms with Crippen LogP contribution in [0, 0.1) is 0 Å². The fourth-order valence-corrected chi connectivity index (χ4v) is 2.15. The zero-order chi connectivity index (χ0) is 15.2. The highest BCUT2D eigenvalue weighted by molar-refractivity contribution is 6.30. The number of anilines is 1. The number of carbonyl (C=O) groups is 1. The quantitative estimate of drug-likeness (QED) is 0.835. The SMILES string of the molecule is COc1cccc(N)c1C(=O)NCCc1ccc(Cl)cc1. The van der Waals surface area contributed by atoms with E-state index >= 15 is 0 Å². The molecule has 110 valence electrons. The second-order valence-corrected chi connectivity index (χ2v) is 4.99. The molecule has 0 fully saturated rings. The number of hydrogen-bond acceptors (Lipinski definition) is 3. The van der Waals surface area contributed by atoms with Gasteiger partial charge in [0.25, 0.3) is 5.91 Å². The Morgan fingerprint density at radius 1 is 1.24 bits per heavy atom. The molecule has 4 nitrogen and oxygen atoms in total. The molecule has 0 spiro atoms. The summed E-state index contributed by atoms with van der Waals surface area (Å²) in [7, 11) is 1.51. The molecule has 5 heteroatoms. The van der Waals surface area contributed by atoms with Gasteiger partial charge in [-0.05, 0) is 36.2 Å². The zero-order valence-electron chi connectivity index (χ0n) is 11.7. The van der Waals surface area contributed by atoms with Crippen LogP contribution >= 0.6 is 11.6 Å². The number of rotatable bonds is 5. The van der Waals surface area contributed by atoms with Gasteiger partial charge in [0.1, 0.15) is 11.3 Å². The second kappa shape index (κ2) is 6.99. The number of nitrogen functional groups attached to an aromatic ring is 1. The number of carbonyl (C=O) groups excluding carboxylic acids is 1. The predicted octanol–water partition coefficient (Wildman–Crippen LogP) is 2.90. The third kappa shape index (κ3) is 3.89. The average Bonchev–Trinajstić information content (AvgIpc) is 2.48. The summed E-state index contributed by atoms with van der Waals surface area (Å²) in [5.74, 6) is 0.234. The van der Waals surface area contributed by atoms with Crippen molar-refractivity contribution in [2.75, 3.05) is 19.4 Å². The Balaban J connectivity index is 1.97. The van der Waals surface area contributed by atoms with Crippen molar-refractivity contribution < 1.29 is 9.53 Å². The van der Waals surface area contributed by atoms with Gasteiger partial charge in [0.15, 0.2) is 0 Å². The summed E-state index contributed by atoms with van der Waals surface area (Å²) in [4.78, 5) is 12.2. The highest BCUT2D eigenvalue weighted by Gasteiger charge is 2.14. The molecule has 3 N–H and O–H groups in total. The molecule has 0 saturated carbocycles. The fraction of sp³-hybridized carbons (Fsp3) is 0.188. The first-order valence-corrected chi connectivity index (χ1v) is 6.94. The van der Waals surface area contributed by atoms with Gasteiger partial charge in [0.05, 0.1) is 7.11 Å². The van der Waals surface area contributed by atoms with Crippen molar-refractivity contribution in [1.29, 1.82) is 0 Å². The molecule has 0 bridgehead atoms. The molecule has 0 aliphatic rings. The van der Waals surface area contributed by atoms with Gasteiger partial charge in [-0.3, -0.25) is 4.79 Å². The van der Waals surface area contributed by atoms with E-state index in [2.05, 4.69) is 5.32 Å². The van der Waals surface area contributed by atoms with Crippen molar-refractivity contribution in [3.63, 3.8) is 0 Å². The first-order valence-electron chi connectivity index (χ1n) is 6.57. The molecule has 2 rings (SSSR count). The van der Waals surface area contributed by atoms with E-state index in [0.29, 0.717) is 28.6 Å². The van der Waals surface area contributed by atoms with Crippen LogP contribution in [0.15, 0.2) is 42.5 Å². The van der Waals surface area contributed by atoms with E-state index in [1.807, 2.05) is 24.3 Å². The van der Waals surface area contributed by atoms with Crippen molar-refractivity contribution in [3.05, 3.63) is 58.6 Å². The van der Waals surface area contributed by atoms with Crippen molar-refractivity contribution in [2.45, 2.75) is 6.42 Å². The van der Waals surface area contributed by atoms with Crippen LogP contribution < -0.4 is 15.8 Å². The molecular weight excluding hydrogens is 288 g/mol. The maximum atomic E-state index is 12.2. The molecule has 2 aromatic rings. The number of amides is 1. The van der Waals surface area contributed by atoms with Gasteiger partial charge in [-0.1, -0.05) is 29.8 Å². The van der Waals surface area contributed by atoms with Crippen LogP contribution in [0.25, 0.3) is 0 Å². The summed E-state index contributed by atoms with van der Waals surface area (Å²) in [6.07, 6.45) is 0.720. The lowest BCUT2D eigenvalue weighted by Gasteiger charge is -2.11. The van der Waals surface area contributed by atoms with Crippen molar-refractivity contribution in [3.8, 4) is 5.75 Å². The summed E-state index contributed by atoms with van der Waals surface area (Å²) >= 11 is 5.83. The van der Waals surface area contributed by atoms with Crippen LogP contribution in [0.4, 0.5) is 5.69 Å². The van der Waals surface area contributed by atoms with Crippen LogP contribution in [0.5, 0.6) is 5.75 Å². The summed E-state index contributed by atoms with van der Waals surface area (Å²) in [6, 6.07) is 12.7. The Morgan fingerprint density at radius 3 is 2.62 bits per heavy atom. The molecule has 0 aliphatic carbocycles. The summed E-state index contributed by atoms with van der Waals surface area (Å²) in [6.45, 7) is 0.512. The number of nitrogens with one attached hydrogen (secondary N) is 1. The van der Waals surface area contributed by atoms with Crippen molar-refractivity contribution >= 4 is 23.2 Å². The maximum Gasteiger partial charge on any atom is 0.257 e. The van der Waals surface area contributed by atoms with E-state index in [4.69, 9.17) is 22.1 Å². The predicted molar refractivity (Wildman–Crippen MR) is 84.9 cm³/mol. The summed E-state index contributed by atoms with van der Waals surface area (Å²) < 4.78 is 5.17. The number of nitrogens with two attached hydrogens (primary N) is 1. The van der Waals surface area contributed by atoms with E-state index < -0.39 is 0 Å². The third-order valence-corrected chi connectivity index (χ3v) is 3.37. The largest absolute Gasteiger partial charge is 0.496 e. The third-order valence-electron chi connectivity index (χ3n) is 3.12. The van der Waals surface area contributed by atoms with E-state index in [1.54, 1.807) is 18.2 Å². The molecule has 0 atom stereocenters. The molecule has 1 amide bonds. The number of halogens is 1. The second-order valence-electron chi connectivity index (χ2n) is 4.56. The lowest BCUT2D eigenvalue weighted by atomic mass is 10.1. The van der Waals surface area contributed by atoms with Gasteiger partial charge in [0.2, 0.25) is 0 Å². The van der Waals surface area contributed by atoms with Crippen molar-refractivity contribution in [1.82, 2.24) is 5.32 Å². The lowest BCUT2D eigenvalue weighted by molar-refractivity contribution is 0.0952. The molecule has 0 aromatic heterocycles. The van der Waals surface area contributed by atoms with Crippen LogP contribution in [-0.4, -0.2) is 19.6 Å². The van der Waals surface area contributed by atoms with Gasteiger partial charge in [-0.25, -0.2) is 0 Å². The number of hydrogen-bond donors (Lipinski definition) is 2. The van der Waals surface area contributed by atoms with E-state index in [0.717, 1.165) is 12.0 Å². The van der Waals surface area contributed by atoms with Crippen LogP contribution in [-0.2, 0) is 6.42 Å². The molecule has 21 heavy (non-hydrogen) atoms. The molecule has 2 aromatic carbocycles. The van der Waals surface area contributed by atoms with Gasteiger partial charge in [-0.2, -0.15) is 0 Å². The van der Waals surface area contributed by atoms with Crippen LogP contribution in [0.3, 0.4) is 0 Å². The molecule has 0 unspecified atom stereocenters. The highest BCUT2D eigenvalue weighted by Crippen LogP contribution is 2.23. The van der Waals surface area contributed by atoms with Crippen LogP contribution in [0.1, 0.15) is 15.9 Å². The summed E-state index contributed by atoms with van der Waals surface area (Å²) in [5.41, 5.74) is 7.72. The van der Waals surface area contributed by atoms with Gasteiger partial charge >= 0.3 is 0 Å². The van der Waals surface area contributed by atoms with E-state index in [9.17, 15) is 4.79 Å². The molecule has 0 radical (unpaired) electrons. The normalized spacial score (nSPS) is 10.2. The highest BCUT2D eigenvalue weighted by atomic mass is 35.5. The standard InChI is InChI=1S/C16H17ClN2O2/c1-21-14-4-2-3-13(18)15(14)16(20)19-10-9-11-5-7-12(17)8-6-11/h2-8H,9-10,18H2,1H3,(H,19,20). The minimum atomic E-state index is -0.237. The van der Waals surface area contributed by atoms with E-state index in [-0.39, 0.29) is 5.91 Å². The number of benzene rings is 2. The first-order chi connectivity index (χ1) is 10.1. The Hall–Kier alpha value is -2.20. The molecule has 0 saturated heterocycles. The van der Waals surface area contributed by atoms with E-state index in [1.165, 1.54) is 7.11 Å². The zero-order valence-corrected chi connectivity index (χ0v) is 12.5. The average molecular weight is 305 g/mol. The Labute approximate surface area is 128 Å². The first kappa shape index (κ1) is 15.2. The number of methoxy groups -OCH3 is 1. The smallest absolute Gasteiger partial charge is 0.257 e. The molecular formula is C16H17ClN2O2. The summed E-state index contributed by atoms with van der Waals surface area (Å²) in [5, 5.41) is 3.54. The van der Waals surface area contributed by atoms with Gasteiger partial charge in [-0.15, -0.1) is 0 Å². The van der Waals surface area contributed by atoms with Gasteiger partial charge < -0.3 is 15.8 Å². The molecule has 0 aliphatic heterocycles. The maximum absolute atomic E-state index is 12.2. The minimum absolute atomic E-state index is 0.237. The molecule has 0 heterocycles. The Morgan fingerprint density at radius 2 is 1.95 bits per heavy atom. The van der Waals surface area contributed by atoms with Crippen molar-refractivity contribution in [2.24, 2.45) is 0 Å². The topological polar surface area (TPSA) is 64.3 Å². The Bertz CT molecular complexity index is 627. The Kier molecular flexibility index (Phi) is 5.06. The fourth-order valence-electron chi connectivity index (χ4n) is 2.02. The van der Waals surface area contributed by atoms with Gasteiger partial charge in [0, 0.05) is 17.3 Å². The lowest BCUT2D eigenvalue weighted by Crippen LogP contribution is -2.27. The monoisotopic (exact) mass is 304 g/mol. The minimum Gasteiger partial charge on any atom is -0.496 e. The van der Waals surface area contributed by atoms with Crippen LogP contribution in [0.2, 0.25) is 5.02 Å².